The third-order valence-corrected chi connectivity index (χ3v) is 1.91. The normalized spacial score (nSPS) is 11.4. The van der Waals surface area contributed by atoms with Crippen LogP contribution in [0.5, 0.6) is 0 Å². The Bertz CT molecular complexity index is 264. The maximum Gasteiger partial charge on any atom is 2.00 e. The zero-order valence-electron chi connectivity index (χ0n) is 7.34. The first kappa shape index (κ1) is 26.5. The van der Waals surface area contributed by atoms with Crippen molar-refractivity contribution in [1.29, 1.82) is 0 Å². The van der Waals surface area contributed by atoms with Gasteiger partial charge in [-0.15, -0.1) is 0 Å². The molecule has 16 heavy (non-hydrogen) atoms. The molecule has 0 aliphatic rings. The molecule has 0 rings (SSSR count). The van der Waals surface area contributed by atoms with Gasteiger partial charge in [-0.1, -0.05) is 0 Å². The molecule has 0 radical (unpaired) electrons. The molecule has 16 heteroatoms. The van der Waals surface area contributed by atoms with Crippen LogP contribution in [0.2, 0.25) is 0 Å². The minimum atomic E-state index is -5.39. The smallest absolute Gasteiger partial charge is 0.822 e. The third kappa shape index (κ3) is 56.6. The number of hydrogen-bond donors (Lipinski definition) is 4. The second kappa shape index (κ2) is 9.77. The Kier molecular flexibility index (Phi) is 16.2. The fourth-order valence-electron chi connectivity index (χ4n) is 0.139. The van der Waals surface area contributed by atoms with Gasteiger partial charge < -0.3 is 38.8 Å². The molecule has 0 aliphatic heterocycles. The average Bonchev–Trinajstić information content (AvgIpc) is 1.42. The first-order valence-corrected chi connectivity index (χ1v) is 6.78. The molecule has 0 bridgehead atoms. The van der Waals surface area contributed by atoms with Crippen LogP contribution in [0.15, 0.2) is 0 Å². The Labute approximate surface area is 122 Å². The van der Waals surface area contributed by atoms with Crippen molar-refractivity contribution in [3.8, 4) is 0 Å². The van der Waals surface area contributed by atoms with Gasteiger partial charge in [-0.25, -0.2) is 9.13 Å². The minimum absolute atomic E-state index is 0. The standard InChI is InChI=1S/Fe.Na.H4O7P2.H3O4P/c;;1-8(2,3)7-9(4,5)6;1-5(2,3)4/h;;(H2,1,2,3)(H2,4,5,6);(H3,1,2,3,4)/q+2;+1;;/p-3. The number of phosphoric acid groups is 3. The van der Waals surface area contributed by atoms with Crippen LogP contribution >= 0.6 is 23.5 Å². The summed E-state index contributed by atoms with van der Waals surface area (Å²) in [6.45, 7) is 0. The molecule has 0 amide bonds. The molecule has 0 saturated heterocycles. The summed E-state index contributed by atoms with van der Waals surface area (Å²) < 4.78 is 30.8. The van der Waals surface area contributed by atoms with Crippen LogP contribution in [0, 0.1) is 0 Å². The zero-order chi connectivity index (χ0) is 12.2. The summed E-state index contributed by atoms with van der Waals surface area (Å²) in [5, 5.41) is 0. The van der Waals surface area contributed by atoms with E-state index in [0.29, 0.717) is 0 Å². The predicted octanol–water partition coefficient (Wildman–Crippen LogP) is -6.63. The molecule has 0 aromatic heterocycles. The van der Waals surface area contributed by atoms with Crippen LogP contribution in [0.4, 0.5) is 0 Å². The Balaban J connectivity index is -0.0000000904. The Morgan fingerprint density at radius 3 is 0.938 bits per heavy atom. The van der Waals surface area contributed by atoms with Crippen LogP contribution in [-0.2, 0) is 35.1 Å². The van der Waals surface area contributed by atoms with Crippen molar-refractivity contribution in [1.82, 2.24) is 0 Å². The number of hydrogen-bond acceptors (Lipinski definition) is 7. The second-order valence-corrected chi connectivity index (χ2v) is 5.02. The fraction of sp³-hybridized carbons (Fsp3) is 0. The maximum atomic E-state index is 9.63. The van der Waals surface area contributed by atoms with Crippen molar-refractivity contribution in [2.45, 2.75) is 0 Å². The minimum Gasteiger partial charge on any atom is -0.822 e. The number of rotatable bonds is 2. The van der Waals surface area contributed by atoms with E-state index in [1.54, 1.807) is 0 Å². The molecule has 0 aliphatic carbocycles. The second-order valence-electron chi connectivity index (χ2n) is 1.51. The van der Waals surface area contributed by atoms with Crippen molar-refractivity contribution >= 4 is 23.5 Å². The summed E-state index contributed by atoms with van der Waals surface area (Å²) in [6, 6.07) is 0. The van der Waals surface area contributed by atoms with Gasteiger partial charge in [0.2, 0.25) is 0 Å². The van der Waals surface area contributed by atoms with Crippen LogP contribution in [0.25, 0.3) is 0 Å². The van der Waals surface area contributed by atoms with Crippen molar-refractivity contribution in [3.63, 3.8) is 0 Å². The molecule has 0 saturated carbocycles. The summed E-state index contributed by atoms with van der Waals surface area (Å²) in [4.78, 5) is 56.6. The van der Waals surface area contributed by atoms with E-state index in [4.69, 9.17) is 38.8 Å². The summed E-state index contributed by atoms with van der Waals surface area (Å²) >= 11 is 0. The Morgan fingerprint density at radius 1 is 0.812 bits per heavy atom. The van der Waals surface area contributed by atoms with Crippen molar-refractivity contribution in [2.24, 2.45) is 0 Å². The average molecular weight is 352 g/mol. The van der Waals surface area contributed by atoms with E-state index in [9.17, 15) is 9.13 Å². The SMILES string of the molecule is O=P(O)(O)OP(=O)(O)O.O=P([O-])([O-])[O-].[Fe+2].[Na+]. The van der Waals surface area contributed by atoms with Crippen LogP contribution in [0.1, 0.15) is 0 Å². The molecule has 0 spiro atoms. The van der Waals surface area contributed by atoms with Crippen LogP contribution in [0.3, 0.4) is 0 Å². The predicted molar refractivity (Wildman–Crippen MR) is 32.8 cm³/mol. The Morgan fingerprint density at radius 2 is 0.938 bits per heavy atom. The monoisotopic (exact) mass is 352 g/mol. The van der Waals surface area contributed by atoms with Gasteiger partial charge in [0.1, 0.15) is 0 Å². The summed E-state index contributed by atoms with van der Waals surface area (Å²) in [5.74, 6) is 0. The third-order valence-electron chi connectivity index (χ3n) is 0.213. The maximum absolute atomic E-state index is 9.63. The van der Waals surface area contributed by atoms with Gasteiger partial charge in [0.25, 0.3) is 0 Å². The van der Waals surface area contributed by atoms with E-state index in [-0.39, 0.29) is 46.6 Å². The topological polar surface area (TPSA) is 211 Å². The summed E-state index contributed by atoms with van der Waals surface area (Å²) in [5.41, 5.74) is 0. The largest absolute Gasteiger partial charge is 2.00 e. The zero-order valence-corrected chi connectivity index (χ0v) is 13.1. The van der Waals surface area contributed by atoms with Gasteiger partial charge in [0.05, 0.1) is 0 Å². The van der Waals surface area contributed by atoms with Gasteiger partial charge in [-0.3, -0.25) is 0 Å². The first-order valence-electron chi connectivity index (χ1n) is 2.26. The molecule has 94 valence electrons. The van der Waals surface area contributed by atoms with Crippen molar-refractivity contribution < 1.29 is 98.9 Å². The molecule has 0 aromatic rings. The molecule has 0 atom stereocenters. The first-order chi connectivity index (χ1) is 5.71. The van der Waals surface area contributed by atoms with Gasteiger partial charge in [-0.2, -0.15) is 12.1 Å². The van der Waals surface area contributed by atoms with Gasteiger partial charge >= 0.3 is 62.3 Å². The molecule has 0 aromatic carbocycles. The molecule has 0 fully saturated rings. The van der Waals surface area contributed by atoms with Crippen LogP contribution < -0.4 is 44.2 Å². The molecule has 4 N–H and O–H groups in total. The van der Waals surface area contributed by atoms with E-state index >= 15 is 0 Å². The molecule has 11 nitrogen and oxygen atoms in total. The molecular weight excluding hydrogens is 348 g/mol. The molecule has 0 heterocycles. The van der Waals surface area contributed by atoms with Gasteiger partial charge in [0.15, 0.2) is 0 Å². The van der Waals surface area contributed by atoms with Gasteiger partial charge in [-0.05, 0) is 0 Å². The van der Waals surface area contributed by atoms with E-state index in [1.807, 2.05) is 0 Å². The van der Waals surface area contributed by atoms with E-state index < -0.39 is 23.5 Å². The van der Waals surface area contributed by atoms with E-state index in [2.05, 4.69) is 4.31 Å². The van der Waals surface area contributed by atoms with E-state index in [1.165, 1.54) is 0 Å². The molecule has 0 unspecified atom stereocenters. The summed E-state index contributed by atoms with van der Waals surface area (Å²) in [6.07, 6.45) is 0. The van der Waals surface area contributed by atoms with E-state index in [0.717, 1.165) is 0 Å². The molecular formula is H4FeNaO11P3. The van der Waals surface area contributed by atoms with Crippen molar-refractivity contribution in [2.75, 3.05) is 0 Å². The quantitative estimate of drug-likeness (QED) is 0.271. The van der Waals surface area contributed by atoms with Gasteiger partial charge in [0, 0.05) is 0 Å². The fourth-order valence-corrected chi connectivity index (χ4v) is 1.25. The van der Waals surface area contributed by atoms with Crippen LogP contribution in [-0.4, -0.2) is 19.6 Å². The Hall–Kier alpha value is 1.89. The van der Waals surface area contributed by atoms with Crippen molar-refractivity contribution in [3.05, 3.63) is 0 Å². The summed E-state index contributed by atoms with van der Waals surface area (Å²) in [7, 11) is -15.5.